The van der Waals surface area contributed by atoms with Gasteiger partial charge in [0.2, 0.25) is 0 Å². The van der Waals surface area contributed by atoms with E-state index in [-0.39, 0.29) is 11.2 Å². The zero-order valence-corrected chi connectivity index (χ0v) is 11.3. The molecule has 0 aromatic carbocycles. The van der Waals surface area contributed by atoms with Gasteiger partial charge >= 0.3 is 0 Å². The first-order chi connectivity index (χ1) is 7.97. The van der Waals surface area contributed by atoms with Crippen molar-refractivity contribution in [2.24, 2.45) is 17.3 Å². The molecule has 4 fully saturated rings. The molecule has 0 amide bonds. The van der Waals surface area contributed by atoms with Crippen molar-refractivity contribution in [2.45, 2.75) is 70.2 Å². The molecule has 4 rings (SSSR count). The Hall–Kier alpha value is -0.0800. The summed E-state index contributed by atoms with van der Waals surface area (Å²) in [4.78, 5) is 0. The molecule has 2 aliphatic heterocycles. The van der Waals surface area contributed by atoms with Crippen LogP contribution in [0.1, 0.15) is 52.9 Å². The van der Waals surface area contributed by atoms with E-state index in [1.165, 1.54) is 32.1 Å². The average molecular weight is 236 g/mol. The summed E-state index contributed by atoms with van der Waals surface area (Å²) in [5.74, 6) is 1.49. The van der Waals surface area contributed by atoms with Crippen LogP contribution in [0.15, 0.2) is 0 Å². The fourth-order valence-corrected chi connectivity index (χ4v) is 4.93. The zero-order chi connectivity index (χ0) is 11.9. The van der Waals surface area contributed by atoms with E-state index in [0.717, 1.165) is 18.4 Å². The van der Waals surface area contributed by atoms with Crippen LogP contribution in [0.2, 0.25) is 0 Å². The first-order valence-corrected chi connectivity index (χ1v) is 7.29. The second kappa shape index (κ2) is 2.91. The number of hydrogen-bond acceptors (Lipinski definition) is 2. The first-order valence-electron chi connectivity index (χ1n) is 7.29. The fourth-order valence-electron chi connectivity index (χ4n) is 4.93. The molecule has 0 radical (unpaired) electrons. The number of rotatable bonds is 0. The van der Waals surface area contributed by atoms with Crippen LogP contribution in [0.25, 0.3) is 0 Å². The Labute approximate surface area is 104 Å². The molecule has 2 nitrogen and oxygen atoms in total. The van der Waals surface area contributed by atoms with Crippen molar-refractivity contribution in [3.8, 4) is 0 Å². The lowest BCUT2D eigenvalue weighted by molar-refractivity contribution is 0.0512. The molecule has 0 bridgehead atoms. The largest absolute Gasteiger partial charge is 0.369 e. The highest BCUT2D eigenvalue weighted by Gasteiger charge is 2.69. The van der Waals surface area contributed by atoms with E-state index in [1.54, 1.807) is 0 Å². The van der Waals surface area contributed by atoms with Crippen LogP contribution in [-0.4, -0.2) is 23.9 Å². The van der Waals surface area contributed by atoms with Crippen molar-refractivity contribution in [1.82, 2.24) is 0 Å². The van der Waals surface area contributed by atoms with Crippen molar-refractivity contribution < 1.29 is 9.47 Å². The van der Waals surface area contributed by atoms with Crippen LogP contribution in [-0.2, 0) is 9.47 Å². The Balaban J connectivity index is 1.73. The normalized spacial score (nSPS) is 59.1. The number of epoxide rings is 2. The molecule has 2 aliphatic carbocycles. The summed E-state index contributed by atoms with van der Waals surface area (Å²) in [5, 5.41) is 0. The molecule has 0 aromatic rings. The van der Waals surface area contributed by atoms with Gasteiger partial charge in [-0.3, -0.25) is 0 Å². The minimum Gasteiger partial charge on any atom is -0.369 e. The molecular formula is C15H24O2. The summed E-state index contributed by atoms with van der Waals surface area (Å²) < 4.78 is 12.0. The van der Waals surface area contributed by atoms with Crippen molar-refractivity contribution in [3.05, 3.63) is 0 Å². The molecule has 4 aliphatic rings. The third-order valence-electron chi connectivity index (χ3n) is 6.17. The maximum Gasteiger partial charge on any atom is 0.0948 e. The Bertz CT molecular complexity index is 358. The topological polar surface area (TPSA) is 25.1 Å². The highest BCUT2D eigenvalue weighted by Crippen LogP contribution is 2.65. The number of fused-ring (bicyclic) bond motifs is 4. The van der Waals surface area contributed by atoms with Gasteiger partial charge in [0.15, 0.2) is 0 Å². The van der Waals surface area contributed by atoms with E-state index in [1.807, 2.05) is 0 Å². The lowest BCUT2D eigenvalue weighted by atomic mass is 9.60. The Morgan fingerprint density at radius 2 is 1.82 bits per heavy atom. The molecule has 2 heteroatoms. The molecule has 2 saturated carbocycles. The van der Waals surface area contributed by atoms with Crippen molar-refractivity contribution in [1.29, 1.82) is 0 Å². The zero-order valence-electron chi connectivity index (χ0n) is 11.3. The summed E-state index contributed by atoms with van der Waals surface area (Å²) in [5.41, 5.74) is 0.924. The van der Waals surface area contributed by atoms with Gasteiger partial charge in [0, 0.05) is 0 Å². The molecule has 0 unspecified atom stereocenters. The Morgan fingerprint density at radius 1 is 1.06 bits per heavy atom. The first kappa shape index (κ1) is 10.8. The number of ether oxygens (including phenoxy) is 2. The molecule has 2 heterocycles. The van der Waals surface area contributed by atoms with Gasteiger partial charge in [-0.1, -0.05) is 13.8 Å². The minimum atomic E-state index is 0.221. The summed E-state index contributed by atoms with van der Waals surface area (Å²) in [6, 6.07) is 0. The van der Waals surface area contributed by atoms with Gasteiger partial charge in [0.05, 0.1) is 23.9 Å². The van der Waals surface area contributed by atoms with Gasteiger partial charge in [-0.25, -0.2) is 0 Å². The minimum absolute atomic E-state index is 0.221. The van der Waals surface area contributed by atoms with Crippen LogP contribution in [0.5, 0.6) is 0 Å². The van der Waals surface area contributed by atoms with Crippen LogP contribution in [0, 0.1) is 17.3 Å². The molecule has 5 atom stereocenters. The second-order valence-electron chi connectivity index (χ2n) is 7.72. The maximum atomic E-state index is 6.09. The Morgan fingerprint density at radius 3 is 2.53 bits per heavy atom. The molecule has 1 spiro atoms. The van der Waals surface area contributed by atoms with Gasteiger partial charge in [0.1, 0.15) is 0 Å². The fraction of sp³-hybridized carbons (Fsp3) is 1.00. The highest BCUT2D eigenvalue weighted by molar-refractivity contribution is 5.17. The van der Waals surface area contributed by atoms with Gasteiger partial charge < -0.3 is 9.47 Å². The summed E-state index contributed by atoms with van der Waals surface area (Å²) >= 11 is 0. The van der Waals surface area contributed by atoms with E-state index >= 15 is 0 Å². The van der Waals surface area contributed by atoms with Gasteiger partial charge in [0.25, 0.3) is 0 Å². The molecule has 0 N–H and O–H groups in total. The van der Waals surface area contributed by atoms with E-state index in [4.69, 9.17) is 9.47 Å². The summed E-state index contributed by atoms with van der Waals surface area (Å²) in [6.45, 7) is 8.25. The molecule has 2 saturated heterocycles. The van der Waals surface area contributed by atoms with Gasteiger partial charge in [-0.15, -0.1) is 0 Å². The van der Waals surface area contributed by atoms with Gasteiger partial charge in [-0.2, -0.15) is 0 Å². The molecule has 96 valence electrons. The average Bonchev–Trinajstić information content (AvgIpc) is 3.10. The van der Waals surface area contributed by atoms with E-state index in [9.17, 15) is 0 Å². The monoisotopic (exact) mass is 236 g/mol. The quantitative estimate of drug-likeness (QED) is 0.604. The van der Waals surface area contributed by atoms with Crippen molar-refractivity contribution in [3.63, 3.8) is 0 Å². The maximum absolute atomic E-state index is 6.09. The molecule has 17 heavy (non-hydrogen) atoms. The third kappa shape index (κ3) is 1.34. The lowest BCUT2D eigenvalue weighted by Crippen LogP contribution is -2.44. The van der Waals surface area contributed by atoms with Crippen molar-refractivity contribution >= 4 is 0 Å². The predicted molar refractivity (Wildman–Crippen MR) is 65.8 cm³/mol. The van der Waals surface area contributed by atoms with E-state index < -0.39 is 0 Å². The second-order valence-corrected chi connectivity index (χ2v) is 7.72. The lowest BCUT2D eigenvalue weighted by Gasteiger charge is -2.42. The molecule has 0 aromatic heterocycles. The molecular weight excluding hydrogens is 212 g/mol. The van der Waals surface area contributed by atoms with Crippen LogP contribution < -0.4 is 0 Å². The van der Waals surface area contributed by atoms with Crippen LogP contribution >= 0.6 is 0 Å². The van der Waals surface area contributed by atoms with Crippen LogP contribution in [0.4, 0.5) is 0 Å². The van der Waals surface area contributed by atoms with Crippen molar-refractivity contribution in [2.75, 3.05) is 6.61 Å². The predicted octanol–water partition coefficient (Wildman–Crippen LogP) is 3.15. The summed E-state index contributed by atoms with van der Waals surface area (Å²) in [7, 11) is 0. The highest BCUT2D eigenvalue weighted by atomic mass is 16.6. The van der Waals surface area contributed by atoms with E-state index in [2.05, 4.69) is 20.8 Å². The summed E-state index contributed by atoms with van der Waals surface area (Å²) in [6.07, 6.45) is 7.07. The smallest absolute Gasteiger partial charge is 0.0948 e. The third-order valence-corrected chi connectivity index (χ3v) is 6.17. The van der Waals surface area contributed by atoms with Gasteiger partial charge in [-0.05, 0) is 56.3 Å². The Kier molecular flexibility index (Phi) is 1.85. The van der Waals surface area contributed by atoms with Crippen LogP contribution in [0.3, 0.4) is 0 Å². The van der Waals surface area contributed by atoms with E-state index in [0.29, 0.717) is 11.5 Å². The SMILES string of the molecule is CC1(C)CCC[C@]2(CO2)[C@@H]2CC[C@@]3(C)O[C@H]3[C@@H]21. The number of hydrogen-bond donors (Lipinski definition) is 0. The standard InChI is InChI=1S/C15H24O2/c1-13(2)6-4-7-15(9-16-15)10-5-8-14(3)12(17-14)11(10)13/h10-12H,4-9H2,1-3H3/t10-,11-,12+,14-,15+/m1/s1.